The zero-order valence-corrected chi connectivity index (χ0v) is 16.1. The number of carbonyl (C=O) groups is 2. The van der Waals surface area contributed by atoms with Crippen LogP contribution < -0.4 is 10.9 Å². The minimum Gasteiger partial charge on any atom is -0.465 e. The number of carbonyl (C=O) groups excluding carboxylic acids is 2. The molecule has 2 N–H and O–H groups in total. The van der Waals surface area contributed by atoms with Gasteiger partial charge in [0, 0.05) is 11.6 Å². The maximum atomic E-state index is 13.0. The van der Waals surface area contributed by atoms with E-state index in [9.17, 15) is 14.4 Å². The second-order valence-electron chi connectivity index (χ2n) is 6.13. The maximum Gasteiger partial charge on any atom is 0.339 e. The van der Waals surface area contributed by atoms with Crippen LogP contribution in [0.25, 0.3) is 21.5 Å². The van der Waals surface area contributed by atoms with E-state index in [2.05, 4.69) is 20.0 Å². The van der Waals surface area contributed by atoms with Crippen molar-refractivity contribution in [2.45, 2.75) is 0 Å². The van der Waals surface area contributed by atoms with E-state index in [-0.39, 0.29) is 11.3 Å². The highest BCUT2D eigenvalue weighted by Crippen LogP contribution is 2.28. The molecule has 144 valence electrons. The molecule has 0 bridgehead atoms. The van der Waals surface area contributed by atoms with E-state index >= 15 is 0 Å². The molecule has 0 aliphatic rings. The Labute approximate surface area is 169 Å². The molecule has 29 heavy (non-hydrogen) atoms. The fourth-order valence-corrected chi connectivity index (χ4v) is 3.60. The van der Waals surface area contributed by atoms with Crippen LogP contribution in [0, 0.1) is 0 Å². The van der Waals surface area contributed by atoms with Gasteiger partial charge in [-0.25, -0.2) is 9.78 Å². The van der Waals surface area contributed by atoms with Gasteiger partial charge in [-0.2, -0.15) is 0 Å². The van der Waals surface area contributed by atoms with Gasteiger partial charge in [0.15, 0.2) is 0 Å². The van der Waals surface area contributed by atoms with Crippen molar-refractivity contribution < 1.29 is 14.3 Å². The molecule has 4 rings (SSSR count). The number of fused-ring (bicyclic) bond motifs is 1. The van der Waals surface area contributed by atoms with Gasteiger partial charge in [-0.05, 0) is 29.6 Å². The van der Waals surface area contributed by atoms with Gasteiger partial charge in [0.1, 0.15) is 5.69 Å². The fourth-order valence-electron chi connectivity index (χ4n) is 2.92. The van der Waals surface area contributed by atoms with Crippen molar-refractivity contribution in [2.24, 2.45) is 0 Å². The second kappa shape index (κ2) is 7.69. The standard InChI is InChI=1S/C21H15N3O4S/c1-28-21(27)12-9-17(20(26)22-11-12)24-19(25)14-10-16(18-7-4-8-29-18)23-15-6-3-2-5-13(14)15/h2-11H,1H3,(H,22,26)(H,24,25). The van der Waals surface area contributed by atoms with E-state index in [1.165, 1.54) is 30.7 Å². The number of thiophene rings is 1. The molecule has 1 aromatic carbocycles. The summed E-state index contributed by atoms with van der Waals surface area (Å²) in [7, 11) is 1.24. The quantitative estimate of drug-likeness (QED) is 0.504. The fraction of sp³-hybridized carbons (Fsp3) is 0.0476. The van der Waals surface area contributed by atoms with Crippen LogP contribution in [-0.4, -0.2) is 29.0 Å². The number of benzene rings is 1. The van der Waals surface area contributed by atoms with E-state index in [0.717, 1.165) is 4.88 Å². The zero-order valence-electron chi connectivity index (χ0n) is 15.3. The maximum absolute atomic E-state index is 13.0. The van der Waals surface area contributed by atoms with Crippen molar-refractivity contribution >= 4 is 39.8 Å². The summed E-state index contributed by atoms with van der Waals surface area (Å²) in [5, 5.41) is 5.19. The van der Waals surface area contributed by atoms with Gasteiger partial charge in [0.25, 0.3) is 11.5 Å². The summed E-state index contributed by atoms with van der Waals surface area (Å²) in [6, 6.07) is 14.1. The topological polar surface area (TPSA) is 101 Å². The highest BCUT2D eigenvalue weighted by molar-refractivity contribution is 7.13. The minimum absolute atomic E-state index is 0.0449. The van der Waals surface area contributed by atoms with Crippen molar-refractivity contribution in [1.82, 2.24) is 9.97 Å². The molecule has 1 amide bonds. The highest BCUT2D eigenvalue weighted by Gasteiger charge is 2.17. The van der Waals surface area contributed by atoms with Gasteiger partial charge in [-0.1, -0.05) is 24.3 Å². The number of methoxy groups -OCH3 is 1. The van der Waals surface area contributed by atoms with Crippen molar-refractivity contribution in [3.05, 3.63) is 81.6 Å². The van der Waals surface area contributed by atoms with E-state index in [1.807, 2.05) is 35.7 Å². The molecule has 0 spiro atoms. The van der Waals surface area contributed by atoms with E-state index in [0.29, 0.717) is 22.2 Å². The minimum atomic E-state index is -0.619. The molecule has 0 fully saturated rings. The molecule has 0 unspecified atom stereocenters. The molecular formula is C21H15N3O4S. The molecule has 3 heterocycles. The molecule has 0 atom stereocenters. The Morgan fingerprint density at radius 1 is 1.14 bits per heavy atom. The number of para-hydroxylation sites is 1. The van der Waals surface area contributed by atoms with E-state index in [1.54, 1.807) is 12.1 Å². The van der Waals surface area contributed by atoms with Crippen LogP contribution >= 0.6 is 11.3 Å². The Morgan fingerprint density at radius 3 is 2.72 bits per heavy atom. The molecule has 0 saturated carbocycles. The van der Waals surface area contributed by atoms with Crippen LogP contribution in [-0.2, 0) is 4.74 Å². The molecule has 0 saturated heterocycles. The van der Waals surface area contributed by atoms with Crippen LogP contribution in [0.5, 0.6) is 0 Å². The molecule has 0 radical (unpaired) electrons. The molecule has 7 nitrogen and oxygen atoms in total. The lowest BCUT2D eigenvalue weighted by atomic mass is 10.1. The number of esters is 1. The first-order chi connectivity index (χ1) is 14.1. The number of hydrogen-bond donors (Lipinski definition) is 2. The summed E-state index contributed by atoms with van der Waals surface area (Å²) in [6.07, 6.45) is 1.24. The van der Waals surface area contributed by atoms with Gasteiger partial charge in [-0.15, -0.1) is 11.3 Å². The molecule has 8 heteroatoms. The number of amides is 1. The monoisotopic (exact) mass is 405 g/mol. The first-order valence-corrected chi connectivity index (χ1v) is 9.51. The SMILES string of the molecule is COC(=O)c1c[nH]c(=O)c(NC(=O)c2cc(-c3cccs3)nc3ccccc23)c1. The summed E-state index contributed by atoms with van der Waals surface area (Å²) < 4.78 is 4.65. The highest BCUT2D eigenvalue weighted by atomic mass is 32.1. The number of anilines is 1. The lowest BCUT2D eigenvalue weighted by Crippen LogP contribution is -2.21. The van der Waals surface area contributed by atoms with Gasteiger partial charge in [0.05, 0.1) is 34.3 Å². The third-order valence-corrected chi connectivity index (χ3v) is 5.20. The van der Waals surface area contributed by atoms with Crippen LogP contribution in [0.3, 0.4) is 0 Å². The van der Waals surface area contributed by atoms with Crippen molar-refractivity contribution in [2.75, 3.05) is 12.4 Å². The Hall–Kier alpha value is -3.78. The summed E-state index contributed by atoms with van der Waals surface area (Å²) in [5.41, 5.74) is 1.27. The summed E-state index contributed by atoms with van der Waals surface area (Å²) in [6.45, 7) is 0. The molecule has 3 aromatic heterocycles. The first kappa shape index (κ1) is 18.6. The second-order valence-corrected chi connectivity index (χ2v) is 7.07. The van der Waals surface area contributed by atoms with Crippen molar-refractivity contribution in [3.63, 3.8) is 0 Å². The first-order valence-electron chi connectivity index (χ1n) is 8.63. The number of nitrogens with one attached hydrogen (secondary N) is 2. The van der Waals surface area contributed by atoms with Crippen LogP contribution in [0.1, 0.15) is 20.7 Å². The normalized spacial score (nSPS) is 10.7. The predicted molar refractivity (Wildman–Crippen MR) is 111 cm³/mol. The molecule has 4 aromatic rings. The van der Waals surface area contributed by atoms with Gasteiger partial charge in [0.2, 0.25) is 0 Å². The van der Waals surface area contributed by atoms with Gasteiger partial charge >= 0.3 is 5.97 Å². The van der Waals surface area contributed by atoms with Crippen molar-refractivity contribution in [1.29, 1.82) is 0 Å². The van der Waals surface area contributed by atoms with Crippen LogP contribution in [0.2, 0.25) is 0 Å². The summed E-state index contributed by atoms with van der Waals surface area (Å²) >= 11 is 1.52. The van der Waals surface area contributed by atoms with Crippen LogP contribution in [0.4, 0.5) is 5.69 Å². The zero-order chi connectivity index (χ0) is 20.4. The van der Waals surface area contributed by atoms with Crippen LogP contribution in [0.15, 0.2) is 64.9 Å². The Morgan fingerprint density at radius 2 is 1.97 bits per heavy atom. The largest absolute Gasteiger partial charge is 0.465 e. The van der Waals surface area contributed by atoms with Gasteiger partial charge in [-0.3, -0.25) is 9.59 Å². The predicted octanol–water partition coefficient (Wildman–Crippen LogP) is 3.69. The molecular weight excluding hydrogens is 390 g/mol. The number of pyridine rings is 2. The lowest BCUT2D eigenvalue weighted by Gasteiger charge is -2.10. The van der Waals surface area contributed by atoms with E-state index < -0.39 is 17.4 Å². The summed E-state index contributed by atoms with van der Waals surface area (Å²) in [4.78, 5) is 44.9. The molecule has 0 aliphatic heterocycles. The lowest BCUT2D eigenvalue weighted by molar-refractivity contribution is 0.0600. The average Bonchev–Trinajstić information content (AvgIpc) is 3.29. The Balaban J connectivity index is 1.78. The smallest absolute Gasteiger partial charge is 0.339 e. The Kier molecular flexibility index (Phi) is 4.92. The summed E-state index contributed by atoms with van der Waals surface area (Å²) in [5.74, 6) is -1.10. The van der Waals surface area contributed by atoms with Gasteiger partial charge < -0.3 is 15.0 Å². The molecule has 0 aliphatic carbocycles. The number of nitrogens with zero attached hydrogens (tertiary/aromatic N) is 1. The average molecular weight is 405 g/mol. The number of aromatic nitrogens is 2. The third-order valence-electron chi connectivity index (χ3n) is 4.31. The van der Waals surface area contributed by atoms with E-state index in [4.69, 9.17) is 0 Å². The third kappa shape index (κ3) is 3.65. The van der Waals surface area contributed by atoms with Crippen molar-refractivity contribution in [3.8, 4) is 10.6 Å². The number of ether oxygens (including phenoxy) is 1. The number of hydrogen-bond acceptors (Lipinski definition) is 6. The number of rotatable bonds is 4. The Bertz CT molecular complexity index is 1280. The number of H-pyrrole nitrogens is 1. The number of aromatic amines is 1.